The minimum atomic E-state index is -0.313. The molecular weight excluding hydrogens is 290 g/mol. The highest BCUT2D eigenvalue weighted by Gasteiger charge is 2.45. The Morgan fingerprint density at radius 2 is 1.87 bits per heavy atom. The van der Waals surface area contributed by atoms with Crippen molar-refractivity contribution in [2.24, 2.45) is 0 Å². The molecule has 2 saturated heterocycles. The molecule has 1 aromatic carbocycles. The molecule has 2 atom stereocenters. The van der Waals surface area contributed by atoms with Crippen LogP contribution < -0.4 is 16.0 Å². The van der Waals surface area contributed by atoms with Crippen molar-refractivity contribution >= 4 is 17.5 Å². The molecule has 0 radical (unpaired) electrons. The van der Waals surface area contributed by atoms with E-state index in [2.05, 4.69) is 40.2 Å². The Labute approximate surface area is 136 Å². The molecule has 1 saturated carbocycles. The zero-order valence-corrected chi connectivity index (χ0v) is 13.2. The van der Waals surface area contributed by atoms with Crippen molar-refractivity contribution in [2.75, 3.05) is 11.9 Å². The van der Waals surface area contributed by atoms with Crippen LogP contribution >= 0.6 is 0 Å². The molecule has 3 N–H and O–H groups in total. The summed E-state index contributed by atoms with van der Waals surface area (Å²) in [5.41, 5.74) is 2.77. The lowest BCUT2D eigenvalue weighted by Crippen LogP contribution is -2.47. The lowest BCUT2D eigenvalue weighted by molar-refractivity contribution is -0.133. The Bertz CT molecular complexity index is 622. The number of rotatable bonds is 3. The molecule has 23 heavy (non-hydrogen) atoms. The van der Waals surface area contributed by atoms with Gasteiger partial charge in [-0.15, -0.1) is 0 Å². The van der Waals surface area contributed by atoms with Gasteiger partial charge in [0.2, 0.25) is 11.8 Å². The second kappa shape index (κ2) is 5.64. The molecule has 3 aliphatic rings. The van der Waals surface area contributed by atoms with E-state index in [1.165, 1.54) is 31.2 Å². The molecule has 1 spiro atoms. The van der Waals surface area contributed by atoms with E-state index >= 15 is 0 Å². The van der Waals surface area contributed by atoms with Gasteiger partial charge in [-0.1, -0.05) is 12.1 Å². The first-order valence-electron chi connectivity index (χ1n) is 8.59. The van der Waals surface area contributed by atoms with Crippen LogP contribution in [-0.2, 0) is 9.59 Å². The first kappa shape index (κ1) is 14.7. The molecule has 2 unspecified atom stereocenters. The van der Waals surface area contributed by atoms with Crippen molar-refractivity contribution in [2.45, 2.75) is 56.0 Å². The Morgan fingerprint density at radius 1 is 1.09 bits per heavy atom. The van der Waals surface area contributed by atoms with Crippen LogP contribution in [-0.4, -0.2) is 29.9 Å². The molecule has 122 valence electrons. The predicted octanol–water partition coefficient (Wildman–Crippen LogP) is 1.90. The highest BCUT2D eigenvalue weighted by Crippen LogP contribution is 2.46. The van der Waals surface area contributed by atoms with Gasteiger partial charge < -0.3 is 10.6 Å². The van der Waals surface area contributed by atoms with Crippen molar-refractivity contribution in [1.29, 1.82) is 0 Å². The zero-order chi connectivity index (χ0) is 15.9. The standard InChI is InChI=1S/C18H23N3O2/c22-16-6-5-15(17(23)21-16)20-14-3-1-12(2-4-14)13-7-10-19-18(11-13)8-9-18/h1-4,13,15,19-20H,5-11H2,(H,21,22,23). The summed E-state index contributed by atoms with van der Waals surface area (Å²) in [5.74, 6) is 0.242. The number of carbonyl (C=O) groups excluding carboxylic acids is 2. The molecule has 1 aliphatic carbocycles. The van der Waals surface area contributed by atoms with Gasteiger partial charge in [0.1, 0.15) is 6.04 Å². The highest BCUT2D eigenvalue weighted by atomic mass is 16.2. The highest BCUT2D eigenvalue weighted by molar-refractivity contribution is 6.01. The van der Waals surface area contributed by atoms with Crippen LogP contribution in [0.5, 0.6) is 0 Å². The lowest BCUT2D eigenvalue weighted by atomic mass is 9.85. The van der Waals surface area contributed by atoms with Crippen LogP contribution in [0.4, 0.5) is 5.69 Å². The summed E-state index contributed by atoms with van der Waals surface area (Å²) < 4.78 is 0. The number of benzene rings is 1. The van der Waals surface area contributed by atoms with E-state index in [0.29, 0.717) is 24.3 Å². The Kier molecular flexibility index (Phi) is 3.60. The third kappa shape index (κ3) is 3.11. The maximum Gasteiger partial charge on any atom is 0.249 e. The smallest absolute Gasteiger partial charge is 0.249 e. The van der Waals surface area contributed by atoms with Gasteiger partial charge in [-0.25, -0.2) is 0 Å². The van der Waals surface area contributed by atoms with Crippen molar-refractivity contribution in [1.82, 2.24) is 10.6 Å². The molecule has 0 aromatic heterocycles. The van der Waals surface area contributed by atoms with Crippen molar-refractivity contribution in [3.05, 3.63) is 29.8 Å². The Balaban J connectivity index is 1.40. The second-order valence-electron chi connectivity index (χ2n) is 7.17. The fourth-order valence-electron chi connectivity index (χ4n) is 3.86. The molecule has 2 amide bonds. The normalized spacial score (nSPS) is 29.2. The maximum absolute atomic E-state index is 11.8. The van der Waals surface area contributed by atoms with Crippen LogP contribution in [0.2, 0.25) is 0 Å². The molecule has 2 aliphatic heterocycles. The maximum atomic E-state index is 11.8. The van der Waals surface area contributed by atoms with E-state index in [-0.39, 0.29) is 17.9 Å². The second-order valence-corrected chi connectivity index (χ2v) is 7.17. The number of hydrogen-bond donors (Lipinski definition) is 3. The van der Waals surface area contributed by atoms with E-state index in [4.69, 9.17) is 0 Å². The van der Waals surface area contributed by atoms with Gasteiger partial charge in [-0.05, 0) is 62.3 Å². The summed E-state index contributed by atoms with van der Waals surface area (Å²) in [6, 6.07) is 8.16. The minimum absolute atomic E-state index is 0.177. The SMILES string of the molecule is O=C1CCC(Nc2ccc(C3CCNC4(CC4)C3)cc2)C(=O)N1. The molecule has 2 heterocycles. The van der Waals surface area contributed by atoms with Gasteiger partial charge in [0.25, 0.3) is 0 Å². The first-order chi connectivity index (χ1) is 11.1. The fourth-order valence-corrected chi connectivity index (χ4v) is 3.86. The molecule has 0 bridgehead atoms. The topological polar surface area (TPSA) is 70.2 Å². The number of imide groups is 1. The van der Waals surface area contributed by atoms with E-state index in [1.54, 1.807) is 0 Å². The van der Waals surface area contributed by atoms with Gasteiger partial charge in [0, 0.05) is 17.6 Å². The van der Waals surface area contributed by atoms with Crippen LogP contribution in [0.1, 0.15) is 50.0 Å². The summed E-state index contributed by atoms with van der Waals surface area (Å²) in [4.78, 5) is 23.0. The van der Waals surface area contributed by atoms with E-state index in [1.807, 2.05) is 0 Å². The largest absolute Gasteiger partial charge is 0.374 e. The summed E-state index contributed by atoms with van der Waals surface area (Å²) in [6.07, 6.45) is 6.04. The van der Waals surface area contributed by atoms with Crippen molar-refractivity contribution < 1.29 is 9.59 Å². The van der Waals surface area contributed by atoms with Gasteiger partial charge in [-0.2, -0.15) is 0 Å². The molecule has 4 rings (SSSR count). The molecular formula is C18H23N3O2. The van der Waals surface area contributed by atoms with E-state index < -0.39 is 0 Å². The van der Waals surface area contributed by atoms with Crippen LogP contribution in [0, 0.1) is 0 Å². The molecule has 3 fully saturated rings. The van der Waals surface area contributed by atoms with Crippen molar-refractivity contribution in [3.63, 3.8) is 0 Å². The predicted molar refractivity (Wildman–Crippen MR) is 88.2 cm³/mol. The monoisotopic (exact) mass is 313 g/mol. The summed E-state index contributed by atoms with van der Waals surface area (Å²) in [5, 5.41) is 9.27. The number of nitrogens with one attached hydrogen (secondary N) is 3. The average molecular weight is 313 g/mol. The van der Waals surface area contributed by atoms with Crippen LogP contribution in [0.3, 0.4) is 0 Å². The number of piperidine rings is 2. The van der Waals surface area contributed by atoms with Gasteiger partial charge in [0.05, 0.1) is 0 Å². The Hall–Kier alpha value is -1.88. The molecule has 5 heteroatoms. The van der Waals surface area contributed by atoms with Gasteiger partial charge in [-0.3, -0.25) is 14.9 Å². The van der Waals surface area contributed by atoms with Crippen molar-refractivity contribution in [3.8, 4) is 0 Å². The fraction of sp³-hybridized carbons (Fsp3) is 0.556. The van der Waals surface area contributed by atoms with Crippen LogP contribution in [0.25, 0.3) is 0 Å². The molecule has 1 aromatic rings. The number of amides is 2. The average Bonchev–Trinajstić information content (AvgIpc) is 3.29. The zero-order valence-electron chi connectivity index (χ0n) is 13.2. The van der Waals surface area contributed by atoms with E-state index in [9.17, 15) is 9.59 Å². The number of carbonyl (C=O) groups is 2. The molecule has 5 nitrogen and oxygen atoms in total. The Morgan fingerprint density at radius 3 is 2.57 bits per heavy atom. The van der Waals surface area contributed by atoms with Gasteiger partial charge in [0.15, 0.2) is 0 Å². The minimum Gasteiger partial charge on any atom is -0.374 e. The third-order valence-corrected chi connectivity index (χ3v) is 5.45. The quantitative estimate of drug-likeness (QED) is 0.746. The van der Waals surface area contributed by atoms with Gasteiger partial charge >= 0.3 is 0 Å². The van der Waals surface area contributed by atoms with E-state index in [0.717, 1.165) is 12.2 Å². The third-order valence-electron chi connectivity index (χ3n) is 5.45. The summed E-state index contributed by atoms with van der Waals surface area (Å²) in [7, 11) is 0. The summed E-state index contributed by atoms with van der Waals surface area (Å²) in [6.45, 7) is 1.11. The number of anilines is 1. The number of hydrogen-bond acceptors (Lipinski definition) is 4. The summed E-state index contributed by atoms with van der Waals surface area (Å²) >= 11 is 0. The lowest BCUT2D eigenvalue weighted by Gasteiger charge is -2.31. The van der Waals surface area contributed by atoms with Crippen LogP contribution in [0.15, 0.2) is 24.3 Å². The first-order valence-corrected chi connectivity index (χ1v) is 8.59.